The second-order valence-electron chi connectivity index (χ2n) is 4.47. The van der Waals surface area contributed by atoms with E-state index in [-0.39, 0.29) is 17.4 Å². The Labute approximate surface area is 111 Å². The lowest BCUT2D eigenvalue weighted by molar-refractivity contribution is 0.0692. The van der Waals surface area contributed by atoms with Crippen LogP contribution in [-0.2, 0) is 0 Å². The fraction of sp³-hybridized carbons (Fsp3) is 0.417. The summed E-state index contributed by atoms with van der Waals surface area (Å²) in [7, 11) is 3.81. The van der Waals surface area contributed by atoms with Crippen LogP contribution in [0.2, 0.25) is 0 Å². The Bertz CT molecular complexity index is 462. The number of rotatable bonds is 5. The lowest BCUT2D eigenvalue weighted by Gasteiger charge is -2.18. The van der Waals surface area contributed by atoms with Gasteiger partial charge in [-0.1, -0.05) is 0 Å². The molecule has 0 spiro atoms. The van der Waals surface area contributed by atoms with Gasteiger partial charge < -0.3 is 20.6 Å². The maximum Gasteiger partial charge on any atom is 0.356 e. The average Bonchev–Trinajstić information content (AvgIpc) is 2.27. The molecule has 7 heteroatoms. The van der Waals surface area contributed by atoms with Crippen LogP contribution in [0, 0.1) is 0 Å². The summed E-state index contributed by atoms with van der Waals surface area (Å²) in [5.74, 6) is -1.18. The molecule has 1 aromatic heterocycles. The number of carbonyl (C=O) groups is 2. The van der Waals surface area contributed by atoms with Crippen molar-refractivity contribution in [3.8, 4) is 0 Å². The Hall–Kier alpha value is -2.15. The van der Waals surface area contributed by atoms with E-state index in [1.807, 2.05) is 25.9 Å². The Morgan fingerprint density at radius 3 is 2.74 bits per heavy atom. The van der Waals surface area contributed by atoms with Crippen molar-refractivity contribution < 1.29 is 14.7 Å². The van der Waals surface area contributed by atoms with Gasteiger partial charge in [-0.15, -0.1) is 0 Å². The fourth-order valence-electron chi connectivity index (χ4n) is 1.65. The number of nitrogens with zero attached hydrogens (tertiary/aromatic N) is 2. The molecule has 1 rings (SSSR count). The molecule has 0 saturated carbocycles. The summed E-state index contributed by atoms with van der Waals surface area (Å²) in [5, 5.41) is 14.1. The maximum absolute atomic E-state index is 11.7. The SMILES string of the molecule is CC(CN(C)C)NC(=O)Nc1cccnc1C(=O)O. The minimum Gasteiger partial charge on any atom is -0.476 e. The highest BCUT2D eigenvalue weighted by molar-refractivity contribution is 5.98. The van der Waals surface area contributed by atoms with Crippen LogP contribution in [0.15, 0.2) is 18.3 Å². The van der Waals surface area contributed by atoms with Crippen LogP contribution < -0.4 is 10.6 Å². The molecule has 1 atom stereocenters. The molecule has 104 valence electrons. The standard InChI is InChI=1S/C12H18N4O3/c1-8(7-16(2)3)14-12(19)15-9-5-4-6-13-10(9)11(17)18/h4-6,8H,7H2,1-3H3,(H,17,18)(H2,14,15,19). The zero-order chi connectivity index (χ0) is 14.4. The molecule has 0 saturated heterocycles. The van der Waals surface area contributed by atoms with E-state index in [0.717, 1.165) is 0 Å². The molecule has 0 aliphatic rings. The lowest BCUT2D eigenvalue weighted by atomic mass is 10.3. The molecule has 1 aromatic rings. The summed E-state index contributed by atoms with van der Waals surface area (Å²) in [6.07, 6.45) is 1.36. The maximum atomic E-state index is 11.7. The summed E-state index contributed by atoms with van der Waals surface area (Å²) < 4.78 is 0. The lowest BCUT2D eigenvalue weighted by Crippen LogP contribution is -2.41. The average molecular weight is 266 g/mol. The first-order valence-corrected chi connectivity index (χ1v) is 5.80. The molecular formula is C12H18N4O3. The Kier molecular flexibility index (Phi) is 5.25. The third-order valence-electron chi connectivity index (χ3n) is 2.27. The number of pyridine rings is 1. The Morgan fingerprint density at radius 2 is 2.16 bits per heavy atom. The van der Waals surface area contributed by atoms with Gasteiger partial charge in [-0.25, -0.2) is 14.6 Å². The quantitative estimate of drug-likeness (QED) is 0.734. The number of carboxylic acid groups (broad SMARTS) is 1. The Balaban J connectivity index is 2.65. The van der Waals surface area contributed by atoms with E-state index in [2.05, 4.69) is 15.6 Å². The topological polar surface area (TPSA) is 94.6 Å². The van der Waals surface area contributed by atoms with E-state index in [9.17, 15) is 9.59 Å². The zero-order valence-corrected chi connectivity index (χ0v) is 11.2. The second-order valence-corrected chi connectivity index (χ2v) is 4.47. The van der Waals surface area contributed by atoms with Crippen molar-refractivity contribution in [1.29, 1.82) is 0 Å². The van der Waals surface area contributed by atoms with Gasteiger partial charge in [-0.3, -0.25) is 0 Å². The normalized spacial score (nSPS) is 12.0. The molecule has 19 heavy (non-hydrogen) atoms. The molecule has 7 nitrogen and oxygen atoms in total. The van der Waals surface area contributed by atoms with E-state index in [1.165, 1.54) is 12.3 Å². The van der Waals surface area contributed by atoms with Gasteiger partial charge in [-0.2, -0.15) is 0 Å². The van der Waals surface area contributed by atoms with Crippen molar-refractivity contribution >= 4 is 17.7 Å². The van der Waals surface area contributed by atoms with Crippen molar-refractivity contribution in [2.24, 2.45) is 0 Å². The number of nitrogens with one attached hydrogen (secondary N) is 2. The summed E-state index contributed by atoms with van der Waals surface area (Å²) >= 11 is 0. The smallest absolute Gasteiger partial charge is 0.356 e. The van der Waals surface area contributed by atoms with Crippen molar-refractivity contribution in [3.63, 3.8) is 0 Å². The van der Waals surface area contributed by atoms with E-state index in [0.29, 0.717) is 6.54 Å². The predicted octanol–water partition coefficient (Wildman–Crippen LogP) is 0.851. The molecule has 0 bridgehead atoms. The van der Waals surface area contributed by atoms with Crippen LogP contribution in [-0.4, -0.2) is 53.7 Å². The van der Waals surface area contributed by atoms with Crippen LogP contribution in [0.5, 0.6) is 0 Å². The molecule has 0 aliphatic carbocycles. The summed E-state index contributed by atoms with van der Waals surface area (Å²) in [6.45, 7) is 2.55. The Morgan fingerprint density at radius 1 is 1.47 bits per heavy atom. The fourth-order valence-corrected chi connectivity index (χ4v) is 1.65. The van der Waals surface area contributed by atoms with Gasteiger partial charge in [0.2, 0.25) is 0 Å². The van der Waals surface area contributed by atoms with Gasteiger partial charge in [0.05, 0.1) is 5.69 Å². The third-order valence-corrected chi connectivity index (χ3v) is 2.27. The number of urea groups is 1. The van der Waals surface area contributed by atoms with Gasteiger partial charge in [0.1, 0.15) is 0 Å². The number of hydrogen-bond donors (Lipinski definition) is 3. The van der Waals surface area contributed by atoms with E-state index < -0.39 is 12.0 Å². The van der Waals surface area contributed by atoms with Crippen molar-refractivity contribution in [2.75, 3.05) is 26.0 Å². The van der Waals surface area contributed by atoms with Gasteiger partial charge in [0.15, 0.2) is 5.69 Å². The van der Waals surface area contributed by atoms with Gasteiger partial charge in [-0.05, 0) is 33.2 Å². The first kappa shape index (κ1) is 14.9. The van der Waals surface area contributed by atoms with Crippen LogP contribution in [0.3, 0.4) is 0 Å². The molecule has 0 aromatic carbocycles. The molecule has 3 N–H and O–H groups in total. The van der Waals surface area contributed by atoms with Gasteiger partial charge in [0.25, 0.3) is 0 Å². The number of carbonyl (C=O) groups excluding carboxylic acids is 1. The summed E-state index contributed by atoms with van der Waals surface area (Å²) in [5.41, 5.74) is -0.0116. The molecule has 0 aliphatic heterocycles. The summed E-state index contributed by atoms with van der Waals surface area (Å²) in [6, 6.07) is 2.54. The number of amides is 2. The highest BCUT2D eigenvalue weighted by Crippen LogP contribution is 2.11. The van der Waals surface area contributed by atoms with Crippen LogP contribution in [0.4, 0.5) is 10.5 Å². The van der Waals surface area contributed by atoms with Gasteiger partial charge in [0, 0.05) is 18.8 Å². The largest absolute Gasteiger partial charge is 0.476 e. The molecule has 2 amide bonds. The minimum atomic E-state index is -1.18. The van der Waals surface area contributed by atoms with E-state index >= 15 is 0 Å². The molecule has 0 fully saturated rings. The number of aromatic carboxylic acids is 1. The highest BCUT2D eigenvalue weighted by Gasteiger charge is 2.14. The molecular weight excluding hydrogens is 248 g/mol. The number of anilines is 1. The highest BCUT2D eigenvalue weighted by atomic mass is 16.4. The predicted molar refractivity (Wildman–Crippen MR) is 71.4 cm³/mol. The monoisotopic (exact) mass is 266 g/mol. The number of likely N-dealkylation sites (N-methyl/N-ethyl adjacent to an activating group) is 1. The van der Waals surface area contributed by atoms with E-state index in [4.69, 9.17) is 5.11 Å². The van der Waals surface area contributed by atoms with Crippen molar-refractivity contribution in [2.45, 2.75) is 13.0 Å². The summed E-state index contributed by atoms with van der Waals surface area (Å²) in [4.78, 5) is 28.3. The van der Waals surface area contributed by atoms with Crippen molar-refractivity contribution in [1.82, 2.24) is 15.2 Å². The zero-order valence-electron chi connectivity index (χ0n) is 11.2. The van der Waals surface area contributed by atoms with Gasteiger partial charge >= 0.3 is 12.0 Å². The minimum absolute atomic E-state index is 0.0556. The molecule has 0 radical (unpaired) electrons. The van der Waals surface area contributed by atoms with Crippen LogP contribution in [0.1, 0.15) is 17.4 Å². The second kappa shape index (κ2) is 6.69. The number of hydrogen-bond acceptors (Lipinski definition) is 4. The number of aromatic nitrogens is 1. The van der Waals surface area contributed by atoms with Crippen LogP contribution in [0.25, 0.3) is 0 Å². The molecule has 1 heterocycles. The number of carboxylic acids is 1. The first-order chi connectivity index (χ1) is 8.90. The third kappa shape index (κ3) is 4.92. The van der Waals surface area contributed by atoms with Crippen molar-refractivity contribution in [3.05, 3.63) is 24.0 Å². The first-order valence-electron chi connectivity index (χ1n) is 5.80. The molecule has 1 unspecified atom stereocenters. The van der Waals surface area contributed by atoms with E-state index in [1.54, 1.807) is 6.07 Å². The van der Waals surface area contributed by atoms with Crippen LogP contribution >= 0.6 is 0 Å².